The van der Waals surface area contributed by atoms with Gasteiger partial charge in [-0.1, -0.05) is 0 Å². The second-order valence-corrected chi connectivity index (χ2v) is 10.9. The van der Waals surface area contributed by atoms with Crippen LogP contribution in [0.25, 0.3) is 5.65 Å². The van der Waals surface area contributed by atoms with Gasteiger partial charge in [-0.2, -0.15) is 31.4 Å². The van der Waals surface area contributed by atoms with Crippen LogP contribution in [0.15, 0.2) is 23.1 Å². The number of alkyl halides is 8. The lowest BCUT2D eigenvalue weighted by Gasteiger charge is -2.33. The van der Waals surface area contributed by atoms with Crippen LogP contribution in [0.5, 0.6) is 5.88 Å². The Morgan fingerprint density at radius 3 is 2.54 bits per heavy atom. The maximum Gasteiger partial charge on any atom is 0.422 e. The van der Waals surface area contributed by atoms with Gasteiger partial charge < -0.3 is 25.0 Å². The summed E-state index contributed by atoms with van der Waals surface area (Å²) < 4.78 is 121. The summed E-state index contributed by atoms with van der Waals surface area (Å²) in [5.41, 5.74) is -0.203. The molecule has 0 unspecified atom stereocenters. The van der Waals surface area contributed by atoms with E-state index in [-0.39, 0.29) is 36.4 Å². The predicted molar refractivity (Wildman–Crippen MR) is 136 cm³/mol. The fourth-order valence-corrected chi connectivity index (χ4v) is 5.38. The maximum absolute atomic E-state index is 14.0. The molecular formula is C25H26F8N8O5. The Bertz CT molecular complexity index is 1550. The van der Waals surface area contributed by atoms with E-state index in [9.17, 15) is 44.7 Å². The minimum Gasteiger partial charge on any atom is -0.464 e. The number of halogens is 8. The number of hydrogen-bond acceptors (Lipinski definition) is 9. The van der Waals surface area contributed by atoms with Crippen LogP contribution in [-0.2, 0) is 4.74 Å². The number of hydrogen-bond donors (Lipinski definition) is 2. The third kappa shape index (κ3) is 7.39. The number of amides is 3. The Morgan fingerprint density at radius 1 is 1.20 bits per heavy atom. The zero-order valence-electron chi connectivity index (χ0n) is 23.7. The Labute approximate surface area is 253 Å². The molecule has 3 atom stereocenters. The van der Waals surface area contributed by atoms with Crippen molar-refractivity contribution in [2.45, 2.75) is 62.1 Å². The molecule has 13 nitrogen and oxygen atoms in total. The minimum absolute atomic E-state index is 0.0562. The number of nitrogens with zero attached hydrogens (tertiary/aromatic N) is 6. The number of rotatable bonds is 10. The lowest BCUT2D eigenvalue weighted by molar-refractivity contribution is -0.154. The van der Waals surface area contributed by atoms with E-state index >= 15 is 0 Å². The summed E-state index contributed by atoms with van der Waals surface area (Å²) in [6.45, 7) is -2.67. The molecule has 2 N–H and O–H groups in total. The standard InChI is InChI=1S/C25H26F8N8O5/c1-44-10-15(40-9-16(25(31,32)33)36-22(40)43)13-6-17-35-14(8-41(17)34-7-13)18(12-2-4-23(26,27)5-3-12)37-20(42)19-21(39-46-38-19)45-11-24(28,29)30/h6-8,12,15-16,18H,2-5,9-11H2,1H3,(H,36,43)(H,37,42)/t15-,16+,18+/m1/s1. The van der Waals surface area contributed by atoms with Crippen molar-refractivity contribution < 1.29 is 58.8 Å². The SMILES string of the molecule is COC[C@H](c1cnn2cc([C@@H](NC(=O)c3nonc3OCC(F)(F)F)C3CCC(F)(F)CC3)nc2c1)N1C[C@@H](C(F)(F)F)NC1=O. The topological polar surface area (TPSA) is 149 Å². The first kappa shape index (κ1) is 33.1. The van der Waals surface area contributed by atoms with E-state index in [0.717, 1.165) is 4.90 Å². The maximum atomic E-state index is 14.0. The van der Waals surface area contributed by atoms with Crippen LogP contribution < -0.4 is 15.4 Å². The first-order valence-corrected chi connectivity index (χ1v) is 13.7. The quantitative estimate of drug-likeness (QED) is 0.306. The van der Waals surface area contributed by atoms with E-state index in [1.165, 1.54) is 30.1 Å². The summed E-state index contributed by atoms with van der Waals surface area (Å²) in [6, 6.07) is -3.70. The molecule has 3 aromatic heterocycles. The molecule has 4 heterocycles. The van der Waals surface area contributed by atoms with Crippen molar-refractivity contribution >= 4 is 17.6 Å². The molecule has 3 amide bonds. The summed E-state index contributed by atoms with van der Waals surface area (Å²) in [4.78, 5) is 31.0. The van der Waals surface area contributed by atoms with Crippen molar-refractivity contribution in [1.29, 1.82) is 0 Å². The van der Waals surface area contributed by atoms with Crippen LogP contribution in [0.1, 0.15) is 59.5 Å². The molecule has 2 aliphatic rings. The Hall–Kier alpha value is -4.30. The number of methoxy groups -OCH3 is 1. The van der Waals surface area contributed by atoms with Crippen molar-refractivity contribution in [1.82, 2.24) is 40.4 Å². The number of fused-ring (bicyclic) bond motifs is 1. The van der Waals surface area contributed by atoms with Gasteiger partial charge in [-0.3, -0.25) is 4.79 Å². The largest absolute Gasteiger partial charge is 0.464 e. The lowest BCUT2D eigenvalue weighted by atomic mass is 9.81. The minimum atomic E-state index is -4.76. The Kier molecular flexibility index (Phi) is 8.97. The van der Waals surface area contributed by atoms with Gasteiger partial charge in [0.2, 0.25) is 11.6 Å². The van der Waals surface area contributed by atoms with Crippen molar-refractivity contribution in [3.63, 3.8) is 0 Å². The molecule has 3 aromatic rings. The predicted octanol–water partition coefficient (Wildman–Crippen LogP) is 3.99. The highest BCUT2D eigenvalue weighted by Crippen LogP contribution is 2.41. The molecular weight excluding hydrogens is 644 g/mol. The van der Waals surface area contributed by atoms with Crippen LogP contribution in [0.4, 0.5) is 39.9 Å². The van der Waals surface area contributed by atoms with Crippen LogP contribution in [0.2, 0.25) is 0 Å². The fourth-order valence-electron chi connectivity index (χ4n) is 5.38. The summed E-state index contributed by atoms with van der Waals surface area (Å²) in [5, 5.41) is 15.2. The Morgan fingerprint density at radius 2 is 1.91 bits per heavy atom. The molecule has 0 aromatic carbocycles. The number of nitrogens with one attached hydrogen (secondary N) is 2. The molecule has 1 saturated carbocycles. The van der Waals surface area contributed by atoms with Crippen molar-refractivity contribution in [2.75, 3.05) is 26.9 Å². The third-order valence-corrected chi connectivity index (χ3v) is 7.66. The molecule has 1 aliphatic heterocycles. The number of urea groups is 1. The van der Waals surface area contributed by atoms with Crippen LogP contribution >= 0.6 is 0 Å². The van der Waals surface area contributed by atoms with Crippen molar-refractivity contribution in [2.24, 2.45) is 5.92 Å². The van der Waals surface area contributed by atoms with E-state index in [2.05, 4.69) is 35.1 Å². The van der Waals surface area contributed by atoms with Gasteiger partial charge in [0.25, 0.3) is 11.8 Å². The van der Waals surface area contributed by atoms with Gasteiger partial charge in [0.1, 0.15) is 6.04 Å². The van der Waals surface area contributed by atoms with Crippen molar-refractivity contribution in [3.8, 4) is 5.88 Å². The molecule has 1 aliphatic carbocycles. The van der Waals surface area contributed by atoms with Gasteiger partial charge in [-0.25, -0.2) is 27.7 Å². The molecule has 2 fully saturated rings. The summed E-state index contributed by atoms with van der Waals surface area (Å²) >= 11 is 0. The monoisotopic (exact) mass is 670 g/mol. The number of imidazole rings is 1. The van der Waals surface area contributed by atoms with Crippen LogP contribution in [0.3, 0.4) is 0 Å². The van der Waals surface area contributed by atoms with Gasteiger partial charge in [0.15, 0.2) is 12.3 Å². The highest BCUT2D eigenvalue weighted by atomic mass is 19.4. The number of carbonyl (C=O) groups excluding carboxylic acids is 2. The van der Waals surface area contributed by atoms with Gasteiger partial charge in [-0.15, -0.1) is 0 Å². The summed E-state index contributed by atoms with van der Waals surface area (Å²) in [7, 11) is 1.30. The highest BCUT2D eigenvalue weighted by Gasteiger charge is 2.49. The molecule has 1 saturated heterocycles. The molecule has 0 spiro atoms. The molecule has 0 bridgehead atoms. The molecule has 21 heteroatoms. The smallest absolute Gasteiger partial charge is 0.422 e. The van der Waals surface area contributed by atoms with E-state index in [1.807, 2.05) is 5.32 Å². The van der Waals surface area contributed by atoms with Crippen molar-refractivity contribution in [3.05, 3.63) is 35.4 Å². The van der Waals surface area contributed by atoms with E-state index in [1.54, 1.807) is 0 Å². The average molecular weight is 671 g/mol. The van der Waals surface area contributed by atoms with E-state index in [0.29, 0.717) is 0 Å². The van der Waals surface area contributed by atoms with E-state index < -0.39 is 91.8 Å². The first-order valence-electron chi connectivity index (χ1n) is 13.7. The van der Waals surface area contributed by atoms with Crippen LogP contribution in [0, 0.1) is 5.92 Å². The molecule has 0 radical (unpaired) electrons. The zero-order chi connectivity index (χ0) is 33.4. The van der Waals surface area contributed by atoms with Crippen LogP contribution in [-0.4, -0.2) is 92.9 Å². The van der Waals surface area contributed by atoms with E-state index in [4.69, 9.17) is 4.74 Å². The second kappa shape index (κ2) is 12.5. The number of ether oxygens (including phenoxy) is 2. The molecule has 252 valence electrons. The number of aromatic nitrogens is 5. The first-order chi connectivity index (χ1) is 21.5. The van der Waals surface area contributed by atoms with Gasteiger partial charge in [0.05, 0.1) is 43.3 Å². The Balaban J connectivity index is 1.43. The van der Waals surface area contributed by atoms with Gasteiger partial charge in [0, 0.05) is 25.5 Å². The zero-order valence-corrected chi connectivity index (χ0v) is 23.7. The average Bonchev–Trinajstić information content (AvgIpc) is 3.71. The van der Waals surface area contributed by atoms with Gasteiger partial charge >= 0.3 is 18.4 Å². The highest BCUT2D eigenvalue weighted by molar-refractivity contribution is 5.94. The number of carbonyl (C=O) groups is 2. The third-order valence-electron chi connectivity index (χ3n) is 7.66. The fraction of sp³-hybridized carbons (Fsp3) is 0.600. The molecule has 5 rings (SSSR count). The molecule has 46 heavy (non-hydrogen) atoms. The second-order valence-electron chi connectivity index (χ2n) is 10.9. The summed E-state index contributed by atoms with van der Waals surface area (Å²) in [5.74, 6) is -5.46. The van der Waals surface area contributed by atoms with Gasteiger partial charge in [-0.05, 0) is 35.1 Å². The lowest BCUT2D eigenvalue weighted by Crippen LogP contribution is -2.40. The normalized spacial score (nSPS) is 20.5. The summed E-state index contributed by atoms with van der Waals surface area (Å²) in [6.07, 6.45) is -7.88.